The number of hydrogen-bond acceptors (Lipinski definition) is 3. The summed E-state index contributed by atoms with van der Waals surface area (Å²) in [5.74, 6) is -1.30. The topological polar surface area (TPSA) is 74.6 Å². The number of benzene rings is 1. The molecule has 0 aliphatic heterocycles. The molecule has 0 aliphatic carbocycles. The summed E-state index contributed by atoms with van der Waals surface area (Å²) < 4.78 is 0.597. The molecule has 0 bridgehead atoms. The molecule has 0 radical (unpaired) electrons. The molecule has 0 saturated carbocycles. The van der Waals surface area contributed by atoms with E-state index in [9.17, 15) is 14.7 Å². The Morgan fingerprint density at radius 3 is 2.59 bits per heavy atom. The van der Waals surface area contributed by atoms with Crippen molar-refractivity contribution in [2.45, 2.75) is 12.5 Å². The Hall–Kier alpha value is -0.660. The average molecular weight is 369 g/mol. The van der Waals surface area contributed by atoms with Crippen LogP contribution in [0.5, 0.6) is 0 Å². The Morgan fingerprint density at radius 2 is 2.06 bits per heavy atom. The normalized spacial score (nSPS) is 12.2. The summed E-state index contributed by atoms with van der Waals surface area (Å²) in [5, 5.41) is 18.2. The number of aliphatic hydroxyl groups is 1. The molecule has 0 saturated heterocycles. The van der Waals surface area contributed by atoms with Gasteiger partial charge in [0, 0.05) is 27.0 Å². The molecule has 0 spiro atoms. The predicted octanol–water partition coefficient (Wildman–Crippen LogP) is 2.22. The molecule has 17 heavy (non-hydrogen) atoms. The number of halogens is 2. The summed E-state index contributed by atoms with van der Waals surface area (Å²) in [7, 11) is 0. The van der Waals surface area contributed by atoms with Crippen LogP contribution in [0.1, 0.15) is 28.4 Å². The molecule has 0 aliphatic rings. The minimum absolute atomic E-state index is 0.171. The molecule has 4 nitrogen and oxygen atoms in total. The second kappa shape index (κ2) is 6.32. The minimum atomic E-state index is -1.62. The van der Waals surface area contributed by atoms with Gasteiger partial charge in [-0.2, -0.15) is 0 Å². The van der Waals surface area contributed by atoms with Gasteiger partial charge < -0.3 is 10.2 Å². The number of carboxylic acid groups (broad SMARTS) is 1. The molecule has 1 rings (SSSR count). The highest BCUT2D eigenvalue weighted by Gasteiger charge is 2.20. The molecule has 1 aromatic rings. The van der Waals surface area contributed by atoms with Crippen LogP contribution >= 0.6 is 34.2 Å². The number of Topliss-reactive ketones (excluding diaryl/α,β-unsaturated/α-hetero) is 1. The van der Waals surface area contributed by atoms with Crippen LogP contribution in [-0.4, -0.2) is 27.8 Å². The fraction of sp³-hybridized carbons (Fsp3) is 0.273. The van der Waals surface area contributed by atoms with Crippen molar-refractivity contribution in [1.29, 1.82) is 0 Å². The quantitative estimate of drug-likeness (QED) is 0.475. The third-order valence-electron chi connectivity index (χ3n) is 2.17. The molecule has 92 valence electrons. The lowest BCUT2D eigenvalue weighted by Gasteiger charge is -2.10. The Morgan fingerprint density at radius 1 is 1.41 bits per heavy atom. The second-order valence-electron chi connectivity index (χ2n) is 3.34. The lowest BCUT2D eigenvalue weighted by atomic mass is 10.0. The molecule has 0 aromatic heterocycles. The van der Waals surface area contributed by atoms with Gasteiger partial charge in [0.1, 0.15) is 0 Å². The molecule has 0 amide bonds. The zero-order valence-corrected chi connectivity index (χ0v) is 11.6. The average Bonchev–Trinajstić information content (AvgIpc) is 2.28. The smallest absolute Gasteiger partial charge is 0.337 e. The zero-order valence-electron chi connectivity index (χ0n) is 8.69. The Balaban J connectivity index is 3.10. The SMILES string of the molecule is O=C(CCCl)c1ccc(I)c(C(O)C(=O)O)c1. The molecule has 1 unspecified atom stereocenters. The van der Waals surface area contributed by atoms with Gasteiger partial charge in [0.25, 0.3) is 0 Å². The first-order chi connectivity index (χ1) is 7.97. The second-order valence-corrected chi connectivity index (χ2v) is 4.88. The van der Waals surface area contributed by atoms with E-state index < -0.39 is 12.1 Å². The molecule has 2 N–H and O–H groups in total. The highest BCUT2D eigenvalue weighted by molar-refractivity contribution is 14.1. The molecule has 1 atom stereocenters. The maximum absolute atomic E-state index is 11.6. The van der Waals surface area contributed by atoms with Crippen molar-refractivity contribution < 1.29 is 19.8 Å². The van der Waals surface area contributed by atoms with E-state index in [0.717, 1.165) is 0 Å². The number of rotatable bonds is 5. The van der Waals surface area contributed by atoms with Gasteiger partial charge in [-0.1, -0.05) is 6.07 Å². The monoisotopic (exact) mass is 368 g/mol. The van der Waals surface area contributed by atoms with Crippen LogP contribution in [0.3, 0.4) is 0 Å². The highest BCUT2D eigenvalue weighted by atomic mass is 127. The summed E-state index contributed by atoms with van der Waals surface area (Å²) in [6.45, 7) is 0. The van der Waals surface area contributed by atoms with E-state index in [-0.39, 0.29) is 23.6 Å². The fourth-order valence-electron chi connectivity index (χ4n) is 1.29. The highest BCUT2D eigenvalue weighted by Crippen LogP contribution is 2.22. The first-order valence-electron chi connectivity index (χ1n) is 4.77. The Kier molecular flexibility index (Phi) is 5.35. The van der Waals surface area contributed by atoms with Gasteiger partial charge in [0.05, 0.1) is 0 Å². The number of ketones is 1. The van der Waals surface area contributed by atoms with Gasteiger partial charge in [0.2, 0.25) is 0 Å². The van der Waals surface area contributed by atoms with Crippen LogP contribution < -0.4 is 0 Å². The maximum Gasteiger partial charge on any atom is 0.337 e. The predicted molar refractivity (Wildman–Crippen MR) is 71.4 cm³/mol. The van der Waals surface area contributed by atoms with Gasteiger partial charge in [-0.05, 0) is 34.7 Å². The summed E-state index contributed by atoms with van der Waals surface area (Å²) in [6, 6.07) is 4.59. The first kappa shape index (κ1) is 14.4. The third-order valence-corrected chi connectivity index (χ3v) is 3.34. The molecule has 6 heteroatoms. The number of carbonyl (C=O) groups is 2. The van der Waals surface area contributed by atoms with E-state index in [4.69, 9.17) is 16.7 Å². The number of aliphatic hydroxyl groups excluding tert-OH is 1. The standard InChI is InChI=1S/C11H10ClIO4/c12-4-3-9(14)6-1-2-8(13)7(5-6)10(15)11(16)17/h1-2,5,10,15H,3-4H2,(H,16,17). The van der Waals surface area contributed by atoms with Crippen LogP contribution in [0.4, 0.5) is 0 Å². The molecular formula is C11H10ClIO4. The van der Waals surface area contributed by atoms with Crippen LogP contribution in [-0.2, 0) is 4.79 Å². The van der Waals surface area contributed by atoms with Crippen molar-refractivity contribution in [3.05, 3.63) is 32.9 Å². The van der Waals surface area contributed by atoms with Gasteiger partial charge >= 0.3 is 5.97 Å². The lowest BCUT2D eigenvalue weighted by molar-refractivity contribution is -0.147. The van der Waals surface area contributed by atoms with Crippen LogP contribution in [0.25, 0.3) is 0 Å². The van der Waals surface area contributed by atoms with Crippen molar-refractivity contribution in [2.75, 3.05) is 5.88 Å². The third kappa shape index (κ3) is 3.65. The maximum atomic E-state index is 11.6. The van der Waals surface area contributed by atoms with Crippen molar-refractivity contribution in [2.24, 2.45) is 0 Å². The van der Waals surface area contributed by atoms with E-state index in [1.165, 1.54) is 6.07 Å². The molecule has 0 heterocycles. The van der Waals surface area contributed by atoms with Gasteiger partial charge in [0.15, 0.2) is 11.9 Å². The molecule has 1 aromatic carbocycles. The van der Waals surface area contributed by atoms with Crippen LogP contribution in [0.2, 0.25) is 0 Å². The number of carbonyl (C=O) groups excluding carboxylic acids is 1. The summed E-state index contributed by atoms with van der Waals surface area (Å²) in [5.41, 5.74) is 0.583. The van der Waals surface area contributed by atoms with E-state index in [1.54, 1.807) is 12.1 Å². The summed E-state index contributed by atoms with van der Waals surface area (Å²) >= 11 is 7.37. The summed E-state index contributed by atoms with van der Waals surface area (Å²) in [4.78, 5) is 22.3. The number of hydrogen-bond donors (Lipinski definition) is 2. The van der Waals surface area contributed by atoms with Crippen molar-refractivity contribution >= 4 is 45.9 Å². The molecule has 0 fully saturated rings. The zero-order chi connectivity index (χ0) is 13.0. The lowest BCUT2D eigenvalue weighted by Crippen LogP contribution is -2.13. The van der Waals surface area contributed by atoms with E-state index in [2.05, 4.69) is 0 Å². The Bertz CT molecular complexity index is 447. The summed E-state index contributed by atoms with van der Waals surface area (Å²) in [6.07, 6.45) is -1.43. The number of alkyl halides is 1. The van der Waals surface area contributed by atoms with Crippen molar-refractivity contribution in [3.63, 3.8) is 0 Å². The van der Waals surface area contributed by atoms with Crippen LogP contribution in [0, 0.1) is 3.57 Å². The van der Waals surface area contributed by atoms with E-state index in [1.807, 2.05) is 22.6 Å². The van der Waals surface area contributed by atoms with E-state index in [0.29, 0.717) is 9.13 Å². The van der Waals surface area contributed by atoms with E-state index >= 15 is 0 Å². The van der Waals surface area contributed by atoms with Crippen LogP contribution in [0.15, 0.2) is 18.2 Å². The largest absolute Gasteiger partial charge is 0.479 e. The molecular weight excluding hydrogens is 358 g/mol. The van der Waals surface area contributed by atoms with Crippen molar-refractivity contribution in [3.8, 4) is 0 Å². The van der Waals surface area contributed by atoms with Gasteiger partial charge in [-0.15, -0.1) is 11.6 Å². The van der Waals surface area contributed by atoms with Gasteiger partial charge in [-0.25, -0.2) is 4.79 Å². The van der Waals surface area contributed by atoms with Crippen molar-refractivity contribution in [1.82, 2.24) is 0 Å². The van der Waals surface area contributed by atoms with Gasteiger partial charge in [-0.3, -0.25) is 4.79 Å². The fourth-order valence-corrected chi connectivity index (χ4v) is 2.09. The Labute approximate surface area is 117 Å². The minimum Gasteiger partial charge on any atom is -0.479 e. The number of carboxylic acids is 1. The number of aliphatic carboxylic acids is 1. The first-order valence-corrected chi connectivity index (χ1v) is 6.38.